The first kappa shape index (κ1) is 13.6. The average Bonchev–Trinajstić information content (AvgIpc) is 3.10. The predicted octanol–water partition coefficient (Wildman–Crippen LogP) is 2.60. The first-order valence-corrected chi connectivity index (χ1v) is 7.48. The van der Waals surface area contributed by atoms with Crippen LogP contribution in [0.5, 0.6) is 0 Å². The summed E-state index contributed by atoms with van der Waals surface area (Å²) < 4.78 is 1.07. The molecule has 0 aliphatic carbocycles. The molecule has 1 aromatic carbocycles. The lowest BCUT2D eigenvalue weighted by molar-refractivity contribution is 0.154. The Morgan fingerprint density at radius 3 is 3.05 bits per heavy atom. The van der Waals surface area contributed by atoms with Gasteiger partial charge in [0.25, 0.3) is 0 Å². The predicted molar refractivity (Wildman–Crippen MR) is 80.3 cm³/mol. The van der Waals surface area contributed by atoms with Gasteiger partial charge >= 0.3 is 6.09 Å². The van der Waals surface area contributed by atoms with Gasteiger partial charge in [-0.05, 0) is 18.6 Å². The molecule has 1 aliphatic rings. The maximum atomic E-state index is 10.9. The van der Waals surface area contributed by atoms with Gasteiger partial charge in [-0.1, -0.05) is 23.5 Å². The van der Waals surface area contributed by atoms with E-state index in [-0.39, 0.29) is 5.92 Å². The van der Waals surface area contributed by atoms with Crippen LogP contribution in [0.25, 0.3) is 10.2 Å². The second-order valence-electron chi connectivity index (χ2n) is 5.02. The Kier molecular flexibility index (Phi) is 3.62. The van der Waals surface area contributed by atoms with E-state index in [0.717, 1.165) is 10.2 Å². The van der Waals surface area contributed by atoms with Gasteiger partial charge in [0.2, 0.25) is 0 Å². The fourth-order valence-corrected chi connectivity index (χ4v) is 3.46. The van der Waals surface area contributed by atoms with E-state index < -0.39 is 12.1 Å². The number of nitrogens with one attached hydrogen (secondary N) is 1. The number of fused-ring (bicyclic) bond motifs is 1. The minimum absolute atomic E-state index is 0.00175. The van der Waals surface area contributed by atoms with Crippen molar-refractivity contribution in [2.75, 3.05) is 18.4 Å². The molecule has 2 aromatic rings. The van der Waals surface area contributed by atoms with Crippen molar-refractivity contribution in [3.63, 3.8) is 0 Å². The van der Waals surface area contributed by atoms with Crippen LogP contribution in [0, 0.1) is 17.2 Å². The number of carboxylic acid groups (broad SMARTS) is 1. The van der Waals surface area contributed by atoms with Gasteiger partial charge in [-0.3, -0.25) is 0 Å². The molecular weight excluding hydrogens is 288 g/mol. The lowest BCUT2D eigenvalue weighted by Gasteiger charge is -2.17. The van der Waals surface area contributed by atoms with Crippen molar-refractivity contribution >= 4 is 32.8 Å². The van der Waals surface area contributed by atoms with Crippen molar-refractivity contribution in [1.82, 2.24) is 9.88 Å². The smallest absolute Gasteiger partial charge is 0.407 e. The molecule has 2 N–H and O–H groups in total. The summed E-state index contributed by atoms with van der Waals surface area (Å²) in [5.41, 5.74) is 0.903. The highest BCUT2D eigenvalue weighted by Gasteiger charge is 2.32. The molecular formula is C14H14N4O2S. The summed E-state index contributed by atoms with van der Waals surface area (Å²) in [6.07, 6.45) is -0.225. The molecule has 1 aliphatic heterocycles. The molecule has 2 unspecified atom stereocenters. The number of para-hydroxylation sites is 1. The molecule has 1 amide bonds. The van der Waals surface area contributed by atoms with E-state index in [1.165, 1.54) is 16.2 Å². The quantitative estimate of drug-likeness (QED) is 0.909. The zero-order valence-electron chi connectivity index (χ0n) is 11.2. The van der Waals surface area contributed by atoms with Crippen molar-refractivity contribution in [3.05, 3.63) is 24.3 Å². The van der Waals surface area contributed by atoms with E-state index in [9.17, 15) is 10.1 Å². The van der Waals surface area contributed by atoms with E-state index in [4.69, 9.17) is 5.11 Å². The Bertz CT molecular complexity index is 675. The molecule has 0 bridgehead atoms. The number of amides is 1. The van der Waals surface area contributed by atoms with Crippen LogP contribution in [0.15, 0.2) is 24.3 Å². The highest BCUT2D eigenvalue weighted by molar-refractivity contribution is 7.22. The molecule has 7 heteroatoms. The van der Waals surface area contributed by atoms with Gasteiger partial charge in [0, 0.05) is 19.0 Å². The molecule has 6 nitrogen and oxygen atoms in total. The van der Waals surface area contributed by atoms with Gasteiger partial charge in [-0.15, -0.1) is 0 Å². The number of anilines is 1. The minimum atomic E-state index is -0.922. The fraction of sp³-hybridized carbons (Fsp3) is 0.357. The van der Waals surface area contributed by atoms with Gasteiger partial charge < -0.3 is 15.3 Å². The molecule has 0 saturated carbocycles. The molecule has 1 aromatic heterocycles. The first-order chi connectivity index (χ1) is 10.2. The van der Waals surface area contributed by atoms with Crippen LogP contribution in [0.1, 0.15) is 6.42 Å². The monoisotopic (exact) mass is 302 g/mol. The maximum Gasteiger partial charge on any atom is 0.407 e. The number of aromatic nitrogens is 1. The van der Waals surface area contributed by atoms with Crippen LogP contribution >= 0.6 is 11.3 Å². The summed E-state index contributed by atoms with van der Waals surface area (Å²) in [6.45, 7) is 0.880. The molecule has 0 spiro atoms. The van der Waals surface area contributed by atoms with Crippen molar-refractivity contribution in [1.29, 1.82) is 5.26 Å². The molecule has 3 rings (SSSR count). The Balaban J connectivity index is 1.73. The molecule has 0 radical (unpaired) electrons. The molecule has 1 fully saturated rings. The van der Waals surface area contributed by atoms with Gasteiger partial charge in [0.05, 0.1) is 16.3 Å². The zero-order valence-corrected chi connectivity index (χ0v) is 12.0. The maximum absolute atomic E-state index is 10.9. The lowest BCUT2D eigenvalue weighted by atomic mass is 10.0. The van der Waals surface area contributed by atoms with Crippen LogP contribution < -0.4 is 5.32 Å². The van der Waals surface area contributed by atoms with E-state index in [0.29, 0.717) is 24.6 Å². The fourth-order valence-electron chi connectivity index (χ4n) is 2.56. The topological polar surface area (TPSA) is 89.3 Å². The molecule has 108 valence electrons. The van der Waals surface area contributed by atoms with Crippen LogP contribution in [0.2, 0.25) is 0 Å². The first-order valence-electron chi connectivity index (χ1n) is 6.67. The SMILES string of the molecule is N#CC(Nc1nc2ccccc2s1)C1CCN(C(=O)O)C1. The average molecular weight is 302 g/mol. The van der Waals surface area contributed by atoms with Gasteiger partial charge in [-0.25, -0.2) is 9.78 Å². The number of rotatable bonds is 3. The van der Waals surface area contributed by atoms with Crippen LogP contribution in [-0.4, -0.2) is 40.2 Å². The van der Waals surface area contributed by atoms with Crippen molar-refractivity contribution in [3.8, 4) is 6.07 Å². The number of likely N-dealkylation sites (tertiary alicyclic amines) is 1. The number of hydrogen-bond acceptors (Lipinski definition) is 5. The highest BCUT2D eigenvalue weighted by atomic mass is 32.1. The van der Waals surface area contributed by atoms with E-state index >= 15 is 0 Å². The Hall–Kier alpha value is -2.33. The molecule has 1 saturated heterocycles. The van der Waals surface area contributed by atoms with Gasteiger partial charge in [0.1, 0.15) is 6.04 Å². The molecule has 21 heavy (non-hydrogen) atoms. The third-order valence-electron chi connectivity index (χ3n) is 3.68. The standard InChI is InChI=1S/C14H14N4O2S/c15-7-11(9-5-6-18(8-9)14(19)20)17-13-16-10-3-1-2-4-12(10)21-13/h1-4,9,11H,5-6,8H2,(H,16,17)(H,19,20). The highest BCUT2D eigenvalue weighted by Crippen LogP contribution is 2.28. The minimum Gasteiger partial charge on any atom is -0.465 e. The largest absolute Gasteiger partial charge is 0.465 e. The Labute approximate surface area is 125 Å². The summed E-state index contributed by atoms with van der Waals surface area (Å²) in [6, 6.07) is 9.61. The van der Waals surface area contributed by atoms with E-state index in [1.807, 2.05) is 24.3 Å². The number of benzene rings is 1. The van der Waals surface area contributed by atoms with E-state index in [2.05, 4.69) is 16.4 Å². The summed E-state index contributed by atoms with van der Waals surface area (Å²) in [5, 5.41) is 22.2. The number of nitrogens with zero attached hydrogens (tertiary/aromatic N) is 3. The third kappa shape index (κ3) is 2.76. The third-order valence-corrected chi connectivity index (χ3v) is 4.65. The number of hydrogen-bond donors (Lipinski definition) is 2. The van der Waals surface area contributed by atoms with Gasteiger partial charge in [-0.2, -0.15) is 5.26 Å². The summed E-state index contributed by atoms with van der Waals surface area (Å²) in [7, 11) is 0. The second kappa shape index (κ2) is 5.58. The van der Waals surface area contributed by atoms with Crippen LogP contribution in [-0.2, 0) is 0 Å². The summed E-state index contributed by atoms with van der Waals surface area (Å²) in [5.74, 6) is -0.00175. The summed E-state index contributed by atoms with van der Waals surface area (Å²) >= 11 is 1.50. The molecule has 2 heterocycles. The number of nitriles is 1. The Morgan fingerprint density at radius 2 is 2.38 bits per heavy atom. The Morgan fingerprint density at radius 1 is 1.57 bits per heavy atom. The summed E-state index contributed by atoms with van der Waals surface area (Å²) in [4.78, 5) is 16.8. The van der Waals surface area contributed by atoms with Gasteiger partial charge in [0.15, 0.2) is 5.13 Å². The normalized spacial score (nSPS) is 19.4. The number of thiazole rings is 1. The number of carbonyl (C=O) groups is 1. The second-order valence-corrected chi connectivity index (χ2v) is 6.05. The molecule has 2 atom stereocenters. The van der Waals surface area contributed by atoms with Crippen LogP contribution in [0.3, 0.4) is 0 Å². The van der Waals surface area contributed by atoms with Crippen molar-refractivity contribution in [2.45, 2.75) is 12.5 Å². The van der Waals surface area contributed by atoms with Crippen LogP contribution in [0.4, 0.5) is 9.93 Å². The lowest BCUT2D eigenvalue weighted by Crippen LogP contribution is -2.32. The zero-order chi connectivity index (χ0) is 14.8. The van der Waals surface area contributed by atoms with Crippen molar-refractivity contribution in [2.24, 2.45) is 5.92 Å². The van der Waals surface area contributed by atoms with E-state index in [1.54, 1.807) is 0 Å². The van der Waals surface area contributed by atoms with Crippen molar-refractivity contribution < 1.29 is 9.90 Å².